The summed E-state index contributed by atoms with van der Waals surface area (Å²) in [6.07, 6.45) is 7.54. The van der Waals surface area contributed by atoms with Crippen LogP contribution in [-0.2, 0) is 12.1 Å². The molecule has 0 spiro atoms. The zero-order valence-electron chi connectivity index (χ0n) is 11.4. The zero-order chi connectivity index (χ0) is 13.2. The number of hydrogen-bond donors (Lipinski definition) is 1. The highest BCUT2D eigenvalue weighted by atomic mass is 15.1. The minimum atomic E-state index is -0.0859. The molecular formula is C14H20N4. The van der Waals surface area contributed by atoms with Gasteiger partial charge in [-0.1, -0.05) is 0 Å². The van der Waals surface area contributed by atoms with E-state index in [4.69, 9.17) is 0 Å². The van der Waals surface area contributed by atoms with Crippen molar-refractivity contribution in [3.8, 4) is 0 Å². The van der Waals surface area contributed by atoms with Crippen LogP contribution in [0.5, 0.6) is 0 Å². The fourth-order valence-corrected chi connectivity index (χ4v) is 1.96. The average Bonchev–Trinajstić information content (AvgIpc) is 2.81. The van der Waals surface area contributed by atoms with Crippen molar-refractivity contribution in [1.82, 2.24) is 19.9 Å². The van der Waals surface area contributed by atoms with Gasteiger partial charge >= 0.3 is 0 Å². The number of hydrogen-bond acceptors (Lipinski definition) is 3. The van der Waals surface area contributed by atoms with Crippen LogP contribution in [0.1, 0.15) is 30.7 Å². The van der Waals surface area contributed by atoms with Crippen LogP contribution in [0.15, 0.2) is 31.0 Å². The molecule has 2 heterocycles. The Balaban J connectivity index is 2.32. The van der Waals surface area contributed by atoms with E-state index in [9.17, 15) is 0 Å². The molecule has 0 fully saturated rings. The van der Waals surface area contributed by atoms with Gasteiger partial charge in [-0.2, -0.15) is 0 Å². The van der Waals surface area contributed by atoms with E-state index in [0.717, 1.165) is 6.54 Å². The lowest BCUT2D eigenvalue weighted by Gasteiger charge is -2.25. The summed E-state index contributed by atoms with van der Waals surface area (Å²) in [6.45, 7) is 7.22. The summed E-state index contributed by atoms with van der Waals surface area (Å²) in [5.41, 5.74) is 3.58. The predicted octanol–water partition coefficient (Wildman–Crippen LogP) is 2.09. The fourth-order valence-electron chi connectivity index (χ4n) is 1.96. The maximum absolute atomic E-state index is 4.27. The van der Waals surface area contributed by atoms with Crippen molar-refractivity contribution in [2.45, 2.75) is 32.9 Å². The highest BCUT2D eigenvalue weighted by Gasteiger charge is 2.22. The number of nitrogens with zero attached hydrogens (tertiary/aromatic N) is 3. The third-order valence-corrected chi connectivity index (χ3v) is 3.45. The molecular weight excluding hydrogens is 224 g/mol. The van der Waals surface area contributed by atoms with E-state index < -0.39 is 0 Å². The first kappa shape index (κ1) is 12.8. The lowest BCUT2D eigenvalue weighted by molar-refractivity contribution is 0.413. The van der Waals surface area contributed by atoms with E-state index in [2.05, 4.69) is 46.7 Å². The Morgan fingerprint density at radius 1 is 1.28 bits per heavy atom. The van der Waals surface area contributed by atoms with Gasteiger partial charge in [-0.15, -0.1) is 0 Å². The van der Waals surface area contributed by atoms with E-state index in [0.29, 0.717) is 0 Å². The second kappa shape index (κ2) is 4.90. The number of rotatable bonds is 4. The Bertz CT molecular complexity index is 528. The van der Waals surface area contributed by atoms with Crippen molar-refractivity contribution in [3.05, 3.63) is 47.8 Å². The van der Waals surface area contributed by atoms with Gasteiger partial charge in [-0.25, -0.2) is 4.98 Å². The van der Waals surface area contributed by atoms with Crippen LogP contribution in [-0.4, -0.2) is 21.6 Å². The molecule has 0 aromatic carbocycles. The monoisotopic (exact) mass is 244 g/mol. The van der Waals surface area contributed by atoms with Crippen molar-refractivity contribution in [2.75, 3.05) is 7.05 Å². The number of nitrogens with one attached hydrogen (secondary N) is 1. The normalized spacial score (nSPS) is 11.8. The summed E-state index contributed by atoms with van der Waals surface area (Å²) in [4.78, 5) is 8.39. The van der Waals surface area contributed by atoms with E-state index >= 15 is 0 Å². The lowest BCUT2D eigenvalue weighted by Crippen LogP contribution is -2.35. The Kier molecular flexibility index (Phi) is 3.48. The Morgan fingerprint density at radius 2 is 2.06 bits per heavy atom. The second-order valence-electron chi connectivity index (χ2n) is 5.08. The van der Waals surface area contributed by atoms with Crippen LogP contribution in [0.4, 0.5) is 0 Å². The third kappa shape index (κ3) is 2.43. The molecule has 0 atom stereocenters. The molecule has 0 aliphatic carbocycles. The van der Waals surface area contributed by atoms with Crippen LogP contribution in [0.25, 0.3) is 0 Å². The minimum absolute atomic E-state index is 0.0859. The molecule has 2 rings (SSSR count). The summed E-state index contributed by atoms with van der Waals surface area (Å²) in [6, 6.07) is 2.06. The predicted molar refractivity (Wildman–Crippen MR) is 72.4 cm³/mol. The van der Waals surface area contributed by atoms with E-state index in [1.165, 1.54) is 16.8 Å². The SMILES string of the molecule is CNC(C)(C)c1cncn1Cc1ccncc1C. The topological polar surface area (TPSA) is 42.7 Å². The van der Waals surface area contributed by atoms with Gasteiger partial charge in [0.2, 0.25) is 0 Å². The van der Waals surface area contributed by atoms with E-state index in [1.54, 1.807) is 0 Å². The number of pyridine rings is 1. The van der Waals surface area contributed by atoms with Gasteiger partial charge in [0.15, 0.2) is 0 Å². The van der Waals surface area contributed by atoms with Crippen LogP contribution in [0.3, 0.4) is 0 Å². The Hall–Kier alpha value is -1.68. The Morgan fingerprint density at radius 3 is 2.72 bits per heavy atom. The largest absolute Gasteiger partial charge is 0.328 e. The first-order chi connectivity index (χ1) is 8.54. The van der Waals surface area contributed by atoms with Gasteiger partial charge in [-0.05, 0) is 45.0 Å². The molecule has 4 nitrogen and oxygen atoms in total. The highest BCUT2D eigenvalue weighted by Crippen LogP contribution is 2.20. The summed E-state index contributed by atoms with van der Waals surface area (Å²) >= 11 is 0. The number of imidazole rings is 1. The quantitative estimate of drug-likeness (QED) is 0.895. The molecule has 0 aliphatic rings. The van der Waals surface area contributed by atoms with E-state index in [1.807, 2.05) is 32.0 Å². The maximum atomic E-state index is 4.27. The standard InChI is InChI=1S/C14H20N4/c1-11-7-16-6-5-12(11)9-18-10-17-8-13(18)14(2,3)15-4/h5-8,10,15H,9H2,1-4H3. The first-order valence-corrected chi connectivity index (χ1v) is 6.13. The summed E-state index contributed by atoms with van der Waals surface area (Å²) in [7, 11) is 1.97. The van der Waals surface area contributed by atoms with Crippen molar-refractivity contribution in [1.29, 1.82) is 0 Å². The fraction of sp³-hybridized carbons (Fsp3) is 0.429. The zero-order valence-corrected chi connectivity index (χ0v) is 11.4. The van der Waals surface area contributed by atoms with Crippen molar-refractivity contribution < 1.29 is 0 Å². The molecule has 4 heteroatoms. The van der Waals surface area contributed by atoms with Crippen LogP contribution in [0.2, 0.25) is 0 Å². The van der Waals surface area contributed by atoms with Crippen molar-refractivity contribution >= 4 is 0 Å². The molecule has 0 amide bonds. The first-order valence-electron chi connectivity index (χ1n) is 6.13. The summed E-state index contributed by atoms with van der Waals surface area (Å²) in [5.74, 6) is 0. The van der Waals surface area contributed by atoms with Crippen LogP contribution < -0.4 is 5.32 Å². The number of aryl methyl sites for hydroxylation is 1. The average molecular weight is 244 g/mol. The van der Waals surface area contributed by atoms with Gasteiger partial charge in [0.05, 0.1) is 23.8 Å². The molecule has 18 heavy (non-hydrogen) atoms. The molecule has 0 aliphatic heterocycles. The Labute approximate surface area is 108 Å². The molecule has 0 saturated carbocycles. The molecule has 2 aromatic heterocycles. The molecule has 0 bridgehead atoms. The van der Waals surface area contributed by atoms with Crippen LogP contribution >= 0.6 is 0 Å². The van der Waals surface area contributed by atoms with Crippen molar-refractivity contribution in [2.24, 2.45) is 0 Å². The summed E-state index contributed by atoms with van der Waals surface area (Å²) < 4.78 is 2.18. The van der Waals surface area contributed by atoms with Crippen molar-refractivity contribution in [3.63, 3.8) is 0 Å². The molecule has 1 N–H and O–H groups in total. The molecule has 0 saturated heterocycles. The molecule has 2 aromatic rings. The van der Waals surface area contributed by atoms with Gasteiger partial charge in [0, 0.05) is 18.9 Å². The number of aromatic nitrogens is 3. The maximum Gasteiger partial charge on any atom is 0.0951 e. The van der Waals surface area contributed by atoms with Gasteiger partial charge in [-0.3, -0.25) is 4.98 Å². The minimum Gasteiger partial charge on any atom is -0.328 e. The van der Waals surface area contributed by atoms with Gasteiger partial charge in [0.1, 0.15) is 0 Å². The van der Waals surface area contributed by atoms with Gasteiger partial charge < -0.3 is 9.88 Å². The summed E-state index contributed by atoms with van der Waals surface area (Å²) in [5, 5.41) is 3.31. The van der Waals surface area contributed by atoms with Gasteiger partial charge in [0.25, 0.3) is 0 Å². The lowest BCUT2D eigenvalue weighted by atomic mass is 10.0. The highest BCUT2D eigenvalue weighted by molar-refractivity contribution is 5.23. The second-order valence-corrected chi connectivity index (χ2v) is 5.08. The van der Waals surface area contributed by atoms with E-state index in [-0.39, 0.29) is 5.54 Å². The third-order valence-electron chi connectivity index (χ3n) is 3.45. The molecule has 0 unspecified atom stereocenters. The van der Waals surface area contributed by atoms with Crippen LogP contribution in [0, 0.1) is 6.92 Å². The molecule has 96 valence electrons. The molecule has 0 radical (unpaired) electrons. The smallest absolute Gasteiger partial charge is 0.0951 e.